The average molecular weight is 270 g/mol. The lowest BCUT2D eigenvalue weighted by molar-refractivity contribution is 0.0790. The number of amides is 1. The second kappa shape index (κ2) is 6.61. The fraction of sp³-hybridized carbons (Fsp3) is 0.462. The van der Waals surface area contributed by atoms with Crippen molar-refractivity contribution < 1.29 is 4.79 Å². The first-order chi connectivity index (χ1) is 8.40. The molecule has 0 fully saturated rings. The molecule has 100 valence electrons. The standard InChI is InChI=1S/C13H20ClN3O/c1-16(2)5-4-6-17(3)13(18)10-7-11(14)9-12(15)8-10/h7-9H,4-6,15H2,1-3H3. The number of carbonyl (C=O) groups excluding carboxylic acids is 1. The van der Waals surface area contributed by atoms with Crippen LogP contribution in [0.2, 0.25) is 5.02 Å². The van der Waals surface area contributed by atoms with Crippen LogP contribution in [0.25, 0.3) is 0 Å². The van der Waals surface area contributed by atoms with E-state index in [1.54, 1.807) is 30.1 Å². The molecule has 0 radical (unpaired) electrons. The molecule has 1 aromatic rings. The molecule has 0 aliphatic heterocycles. The number of nitrogens with zero attached hydrogens (tertiary/aromatic N) is 2. The van der Waals surface area contributed by atoms with Gasteiger partial charge in [0.05, 0.1) is 0 Å². The minimum atomic E-state index is -0.0528. The lowest BCUT2D eigenvalue weighted by atomic mass is 10.1. The summed E-state index contributed by atoms with van der Waals surface area (Å²) in [6, 6.07) is 4.92. The maximum absolute atomic E-state index is 12.1. The van der Waals surface area contributed by atoms with Gasteiger partial charge in [-0.15, -0.1) is 0 Å². The minimum absolute atomic E-state index is 0.0528. The molecule has 1 amide bonds. The molecule has 0 aromatic heterocycles. The first-order valence-corrected chi connectivity index (χ1v) is 6.24. The van der Waals surface area contributed by atoms with Gasteiger partial charge in [-0.3, -0.25) is 4.79 Å². The van der Waals surface area contributed by atoms with Gasteiger partial charge in [0.15, 0.2) is 0 Å². The number of hydrogen-bond donors (Lipinski definition) is 1. The zero-order chi connectivity index (χ0) is 13.7. The van der Waals surface area contributed by atoms with Crippen molar-refractivity contribution in [3.05, 3.63) is 28.8 Å². The molecule has 5 heteroatoms. The lowest BCUT2D eigenvalue weighted by Crippen LogP contribution is -2.29. The highest BCUT2D eigenvalue weighted by molar-refractivity contribution is 6.31. The molecule has 1 rings (SSSR count). The van der Waals surface area contributed by atoms with Gasteiger partial charge < -0.3 is 15.5 Å². The molecular weight excluding hydrogens is 250 g/mol. The third-order valence-electron chi connectivity index (χ3n) is 2.61. The smallest absolute Gasteiger partial charge is 0.253 e. The number of hydrogen-bond acceptors (Lipinski definition) is 3. The second-order valence-corrected chi connectivity index (χ2v) is 5.09. The molecule has 0 unspecified atom stereocenters. The molecule has 0 atom stereocenters. The van der Waals surface area contributed by atoms with Crippen LogP contribution in [-0.4, -0.2) is 49.9 Å². The molecule has 0 saturated carbocycles. The fourth-order valence-corrected chi connectivity index (χ4v) is 1.93. The van der Waals surface area contributed by atoms with E-state index in [0.29, 0.717) is 22.8 Å². The van der Waals surface area contributed by atoms with E-state index >= 15 is 0 Å². The molecule has 0 bridgehead atoms. The SMILES string of the molecule is CN(C)CCCN(C)C(=O)c1cc(N)cc(Cl)c1. The maximum atomic E-state index is 12.1. The van der Waals surface area contributed by atoms with Gasteiger partial charge in [-0.25, -0.2) is 0 Å². The first kappa shape index (κ1) is 14.8. The summed E-state index contributed by atoms with van der Waals surface area (Å²) in [5, 5.41) is 0.486. The molecule has 2 N–H and O–H groups in total. The highest BCUT2D eigenvalue weighted by Crippen LogP contribution is 2.17. The predicted octanol–water partition coefficient (Wildman–Crippen LogP) is 1.95. The number of rotatable bonds is 5. The van der Waals surface area contributed by atoms with Gasteiger partial charge in [0.25, 0.3) is 5.91 Å². The molecule has 0 saturated heterocycles. The van der Waals surface area contributed by atoms with Crippen molar-refractivity contribution in [3.8, 4) is 0 Å². The summed E-state index contributed by atoms with van der Waals surface area (Å²) in [5.41, 5.74) is 6.72. The van der Waals surface area contributed by atoms with Crippen LogP contribution in [0, 0.1) is 0 Å². The Morgan fingerprint density at radius 1 is 1.22 bits per heavy atom. The molecule has 18 heavy (non-hydrogen) atoms. The van der Waals surface area contributed by atoms with E-state index < -0.39 is 0 Å². The van der Waals surface area contributed by atoms with Crippen molar-refractivity contribution in [2.45, 2.75) is 6.42 Å². The van der Waals surface area contributed by atoms with Crippen molar-refractivity contribution in [1.82, 2.24) is 9.80 Å². The number of benzene rings is 1. The van der Waals surface area contributed by atoms with E-state index in [4.69, 9.17) is 17.3 Å². The number of carbonyl (C=O) groups is 1. The van der Waals surface area contributed by atoms with Crippen LogP contribution in [0.3, 0.4) is 0 Å². The average Bonchev–Trinajstić information content (AvgIpc) is 2.26. The van der Waals surface area contributed by atoms with Crippen LogP contribution in [0.1, 0.15) is 16.8 Å². The van der Waals surface area contributed by atoms with Crippen molar-refractivity contribution in [3.63, 3.8) is 0 Å². The van der Waals surface area contributed by atoms with Crippen LogP contribution in [-0.2, 0) is 0 Å². The monoisotopic (exact) mass is 269 g/mol. The highest BCUT2D eigenvalue weighted by atomic mass is 35.5. The molecule has 1 aromatic carbocycles. The Morgan fingerprint density at radius 3 is 2.44 bits per heavy atom. The Bertz CT molecular complexity index is 400. The van der Waals surface area contributed by atoms with Crippen LogP contribution >= 0.6 is 11.6 Å². The topological polar surface area (TPSA) is 49.6 Å². The summed E-state index contributed by atoms with van der Waals surface area (Å²) in [6.07, 6.45) is 0.936. The minimum Gasteiger partial charge on any atom is -0.399 e. The Hall–Kier alpha value is -1.26. The van der Waals surface area contributed by atoms with Crippen molar-refractivity contribution in [2.24, 2.45) is 0 Å². The Kier molecular flexibility index (Phi) is 5.44. The molecule has 0 heterocycles. The van der Waals surface area contributed by atoms with Crippen LogP contribution < -0.4 is 5.73 Å². The van der Waals surface area contributed by atoms with Crippen molar-refractivity contribution in [1.29, 1.82) is 0 Å². The highest BCUT2D eigenvalue weighted by Gasteiger charge is 2.12. The normalized spacial score (nSPS) is 10.7. The fourth-order valence-electron chi connectivity index (χ4n) is 1.68. The maximum Gasteiger partial charge on any atom is 0.253 e. The third kappa shape index (κ3) is 4.55. The largest absolute Gasteiger partial charge is 0.399 e. The quantitative estimate of drug-likeness (QED) is 0.831. The van der Waals surface area contributed by atoms with Crippen LogP contribution in [0.5, 0.6) is 0 Å². The van der Waals surface area contributed by atoms with E-state index in [9.17, 15) is 4.79 Å². The molecule has 0 aliphatic carbocycles. The summed E-state index contributed by atoms with van der Waals surface area (Å²) in [4.78, 5) is 15.9. The van der Waals surface area contributed by atoms with Gasteiger partial charge in [0.2, 0.25) is 0 Å². The van der Waals surface area contributed by atoms with Crippen LogP contribution in [0.4, 0.5) is 5.69 Å². The van der Waals surface area contributed by atoms with E-state index in [0.717, 1.165) is 13.0 Å². The zero-order valence-electron chi connectivity index (χ0n) is 11.1. The van der Waals surface area contributed by atoms with Crippen molar-refractivity contribution >= 4 is 23.2 Å². The van der Waals surface area contributed by atoms with E-state index in [-0.39, 0.29) is 5.91 Å². The first-order valence-electron chi connectivity index (χ1n) is 5.86. The lowest BCUT2D eigenvalue weighted by Gasteiger charge is -2.19. The predicted molar refractivity (Wildman–Crippen MR) is 76.0 cm³/mol. The summed E-state index contributed by atoms with van der Waals surface area (Å²) in [7, 11) is 5.81. The number of nitrogens with two attached hydrogens (primary N) is 1. The van der Waals surface area contributed by atoms with Gasteiger partial charge in [-0.05, 0) is 45.3 Å². The third-order valence-corrected chi connectivity index (χ3v) is 2.83. The Balaban J connectivity index is 2.62. The van der Waals surface area contributed by atoms with E-state index in [2.05, 4.69) is 4.90 Å². The molecular formula is C13H20ClN3O. The summed E-state index contributed by atoms with van der Waals surface area (Å²) in [6.45, 7) is 1.67. The van der Waals surface area contributed by atoms with Gasteiger partial charge in [0.1, 0.15) is 0 Å². The summed E-state index contributed by atoms with van der Waals surface area (Å²) < 4.78 is 0. The van der Waals surface area contributed by atoms with Gasteiger partial charge in [-0.2, -0.15) is 0 Å². The second-order valence-electron chi connectivity index (χ2n) is 4.66. The number of nitrogen functional groups attached to an aromatic ring is 1. The van der Waals surface area contributed by atoms with E-state index in [1.165, 1.54) is 0 Å². The molecule has 0 aliphatic rings. The molecule has 4 nitrogen and oxygen atoms in total. The Morgan fingerprint density at radius 2 is 1.89 bits per heavy atom. The van der Waals surface area contributed by atoms with E-state index in [1.807, 2.05) is 14.1 Å². The molecule has 0 spiro atoms. The van der Waals surface area contributed by atoms with Gasteiger partial charge in [-0.1, -0.05) is 11.6 Å². The summed E-state index contributed by atoms with van der Waals surface area (Å²) >= 11 is 5.89. The van der Waals surface area contributed by atoms with Crippen molar-refractivity contribution in [2.75, 3.05) is 40.0 Å². The summed E-state index contributed by atoms with van der Waals surface area (Å²) in [5.74, 6) is -0.0528. The zero-order valence-corrected chi connectivity index (χ0v) is 11.9. The number of anilines is 1. The Labute approximate surface area is 113 Å². The van der Waals surface area contributed by atoms with Gasteiger partial charge in [0, 0.05) is 29.9 Å². The van der Waals surface area contributed by atoms with Gasteiger partial charge >= 0.3 is 0 Å². The van der Waals surface area contributed by atoms with Crippen LogP contribution in [0.15, 0.2) is 18.2 Å². The number of halogens is 1.